The third-order valence-electron chi connectivity index (χ3n) is 4.03. The molecule has 0 aromatic heterocycles. The molecule has 0 bridgehead atoms. The summed E-state index contributed by atoms with van der Waals surface area (Å²) in [7, 11) is 0. The minimum absolute atomic E-state index is 0.135. The van der Waals surface area contributed by atoms with Crippen LogP contribution in [-0.4, -0.2) is 29.0 Å². The minimum Gasteiger partial charge on any atom is -0.298 e. The molecule has 128 valence electrons. The lowest BCUT2D eigenvalue weighted by atomic mass is 9.86. The predicted octanol–water partition coefficient (Wildman–Crippen LogP) is 6.36. The van der Waals surface area contributed by atoms with Crippen LogP contribution < -0.4 is 0 Å². The molecule has 0 spiro atoms. The molecule has 24 heavy (non-hydrogen) atoms. The number of ketones is 1. The fraction of sp³-hybridized carbons (Fsp3) is 0.316. The number of hydrogen-bond donors (Lipinski definition) is 0. The topological polar surface area (TPSA) is 17.1 Å². The average Bonchev–Trinajstić information content (AvgIpc) is 2.64. The lowest BCUT2D eigenvalue weighted by Crippen LogP contribution is -2.23. The van der Waals surface area contributed by atoms with Crippen molar-refractivity contribution in [3.05, 3.63) is 59.7 Å². The van der Waals surface area contributed by atoms with Crippen molar-refractivity contribution in [1.82, 2.24) is 0 Å². The molecule has 1 nitrogen and oxygen atoms in total. The maximum atomic E-state index is 13.1. The van der Waals surface area contributed by atoms with Crippen molar-refractivity contribution in [2.45, 2.75) is 21.6 Å². The van der Waals surface area contributed by atoms with Gasteiger partial charge in [-0.15, -0.1) is 23.5 Å². The Kier molecular flexibility index (Phi) is 8.41. The smallest absolute Gasteiger partial charge is 0.149 e. The van der Waals surface area contributed by atoms with Crippen LogP contribution in [0.15, 0.2) is 58.3 Å². The average molecular weight is 488 g/mol. The Labute approximate surface area is 169 Å². The molecule has 0 saturated heterocycles. The number of rotatable bonds is 8. The molecule has 0 aliphatic heterocycles. The lowest BCUT2D eigenvalue weighted by molar-refractivity contribution is -0.121. The van der Waals surface area contributed by atoms with Gasteiger partial charge in [0.25, 0.3) is 0 Å². The maximum Gasteiger partial charge on any atom is 0.149 e. The van der Waals surface area contributed by atoms with E-state index in [4.69, 9.17) is 0 Å². The van der Waals surface area contributed by atoms with Gasteiger partial charge in [-0.25, -0.2) is 0 Å². The summed E-state index contributed by atoms with van der Waals surface area (Å²) in [5, 5.41) is 1.27. The van der Waals surface area contributed by atoms with Gasteiger partial charge in [0.15, 0.2) is 0 Å². The van der Waals surface area contributed by atoms with E-state index >= 15 is 0 Å². The van der Waals surface area contributed by atoms with Crippen molar-refractivity contribution in [1.29, 1.82) is 0 Å². The Bertz CT molecular complexity index is 599. The zero-order chi connectivity index (χ0) is 17.5. The highest BCUT2D eigenvalue weighted by atomic mass is 79.9. The van der Waals surface area contributed by atoms with Crippen LogP contribution in [0.3, 0.4) is 0 Å². The summed E-state index contributed by atoms with van der Waals surface area (Å²) in [6.07, 6.45) is 4.11. The Morgan fingerprint density at radius 1 is 0.792 bits per heavy atom. The highest BCUT2D eigenvalue weighted by Crippen LogP contribution is 2.31. The van der Waals surface area contributed by atoms with Crippen LogP contribution in [0.4, 0.5) is 0 Å². The number of carbonyl (C=O) groups excluding carboxylic acids is 1. The van der Waals surface area contributed by atoms with Gasteiger partial charge in [0.1, 0.15) is 5.78 Å². The van der Waals surface area contributed by atoms with E-state index in [-0.39, 0.29) is 17.6 Å². The van der Waals surface area contributed by atoms with E-state index < -0.39 is 0 Å². The summed E-state index contributed by atoms with van der Waals surface area (Å²) in [5.74, 6) is -0.0232. The Morgan fingerprint density at radius 3 is 1.38 bits per heavy atom. The molecule has 0 heterocycles. The molecular formula is C19H20Br2OS2. The van der Waals surface area contributed by atoms with Gasteiger partial charge in [-0.05, 0) is 47.9 Å². The van der Waals surface area contributed by atoms with Crippen molar-refractivity contribution in [3.63, 3.8) is 0 Å². The van der Waals surface area contributed by atoms with Gasteiger partial charge < -0.3 is 0 Å². The Hall–Kier alpha value is -0.230. The maximum absolute atomic E-state index is 13.1. The first kappa shape index (κ1) is 20.1. The summed E-state index contributed by atoms with van der Waals surface area (Å²) in [4.78, 5) is 15.6. The van der Waals surface area contributed by atoms with Crippen LogP contribution in [0.1, 0.15) is 23.0 Å². The van der Waals surface area contributed by atoms with Crippen molar-refractivity contribution in [3.8, 4) is 0 Å². The summed E-state index contributed by atoms with van der Waals surface area (Å²) in [5.41, 5.74) is 2.14. The fourth-order valence-electron chi connectivity index (χ4n) is 2.57. The zero-order valence-electron chi connectivity index (χ0n) is 13.7. The third-order valence-corrected chi connectivity index (χ3v) is 6.81. The standard InChI is InChI=1S/C19H20Br2OS2/c1-23-15-7-3-13(4-8-15)17(11-20)19(22)18(12-21)14-5-9-16(24-2)10-6-14/h3-10,17-18H,11-12H2,1-2H3. The van der Waals surface area contributed by atoms with Crippen molar-refractivity contribution in [2.24, 2.45) is 0 Å². The number of hydrogen-bond acceptors (Lipinski definition) is 3. The molecular weight excluding hydrogens is 468 g/mol. The number of halogens is 2. The second-order valence-electron chi connectivity index (χ2n) is 5.36. The molecule has 0 N–H and O–H groups in total. The molecule has 0 fully saturated rings. The van der Waals surface area contributed by atoms with E-state index in [9.17, 15) is 4.79 Å². The number of alkyl halides is 2. The van der Waals surface area contributed by atoms with Gasteiger partial charge in [-0.1, -0.05) is 56.1 Å². The lowest BCUT2D eigenvalue weighted by Gasteiger charge is -2.21. The molecule has 0 amide bonds. The van der Waals surface area contributed by atoms with E-state index in [2.05, 4.69) is 92.9 Å². The van der Waals surface area contributed by atoms with E-state index in [1.54, 1.807) is 23.5 Å². The predicted molar refractivity (Wildman–Crippen MR) is 115 cm³/mol. The molecule has 2 atom stereocenters. The summed E-state index contributed by atoms with van der Waals surface area (Å²) < 4.78 is 0. The van der Waals surface area contributed by atoms with Crippen molar-refractivity contribution in [2.75, 3.05) is 23.2 Å². The molecule has 0 radical (unpaired) electrons. The Morgan fingerprint density at radius 2 is 1.12 bits per heavy atom. The summed E-state index contributed by atoms with van der Waals surface area (Å²) in [6, 6.07) is 16.6. The number of Topliss-reactive ketones (excluding diaryl/α,β-unsaturated/α-hetero) is 1. The van der Waals surface area contributed by atoms with Gasteiger partial charge >= 0.3 is 0 Å². The third kappa shape index (κ3) is 4.90. The van der Waals surface area contributed by atoms with E-state index in [0.717, 1.165) is 11.1 Å². The van der Waals surface area contributed by atoms with Crippen LogP contribution in [0, 0.1) is 0 Å². The molecule has 2 rings (SSSR count). The van der Waals surface area contributed by atoms with Crippen LogP contribution in [-0.2, 0) is 4.79 Å². The van der Waals surface area contributed by atoms with Gasteiger partial charge in [0, 0.05) is 20.5 Å². The summed E-state index contributed by atoms with van der Waals surface area (Å²) >= 11 is 10.5. The fourth-order valence-corrected chi connectivity index (χ4v) is 4.78. The normalized spacial score (nSPS) is 13.5. The first-order chi connectivity index (χ1) is 11.6. The van der Waals surface area contributed by atoms with Crippen LogP contribution in [0.25, 0.3) is 0 Å². The van der Waals surface area contributed by atoms with Crippen LogP contribution in [0.2, 0.25) is 0 Å². The quantitative estimate of drug-likeness (QED) is 0.318. The van der Waals surface area contributed by atoms with E-state index in [0.29, 0.717) is 10.7 Å². The van der Waals surface area contributed by atoms with Crippen molar-refractivity contribution >= 4 is 61.2 Å². The second kappa shape index (κ2) is 10.0. The minimum atomic E-state index is -0.135. The van der Waals surface area contributed by atoms with E-state index in [1.165, 1.54) is 9.79 Å². The van der Waals surface area contributed by atoms with Crippen LogP contribution in [0.5, 0.6) is 0 Å². The van der Waals surface area contributed by atoms with Gasteiger partial charge in [-0.3, -0.25) is 4.79 Å². The zero-order valence-corrected chi connectivity index (χ0v) is 18.5. The molecule has 2 unspecified atom stereocenters. The Balaban J connectivity index is 2.25. The molecule has 0 aliphatic carbocycles. The highest BCUT2D eigenvalue weighted by Gasteiger charge is 2.28. The highest BCUT2D eigenvalue weighted by molar-refractivity contribution is 9.09. The number of thioether (sulfide) groups is 2. The van der Waals surface area contributed by atoms with Gasteiger partial charge in [0.2, 0.25) is 0 Å². The number of benzene rings is 2. The molecule has 2 aromatic carbocycles. The largest absolute Gasteiger partial charge is 0.298 e. The summed E-state index contributed by atoms with van der Waals surface area (Å²) in [6.45, 7) is 0. The van der Waals surface area contributed by atoms with Gasteiger partial charge in [-0.2, -0.15) is 0 Å². The molecule has 5 heteroatoms. The molecule has 0 aliphatic rings. The SMILES string of the molecule is CSc1ccc(C(CBr)C(=O)C(CBr)c2ccc(SC)cc2)cc1. The monoisotopic (exact) mass is 486 g/mol. The van der Waals surface area contributed by atoms with Crippen molar-refractivity contribution < 1.29 is 4.79 Å². The van der Waals surface area contributed by atoms with E-state index in [1.807, 2.05) is 0 Å². The second-order valence-corrected chi connectivity index (χ2v) is 8.42. The first-order valence-electron chi connectivity index (χ1n) is 7.58. The van der Waals surface area contributed by atoms with Gasteiger partial charge in [0.05, 0.1) is 11.8 Å². The van der Waals surface area contributed by atoms with Crippen LogP contribution >= 0.6 is 55.4 Å². The molecule has 0 saturated carbocycles. The molecule has 2 aromatic rings. The number of carbonyl (C=O) groups is 1. The first-order valence-corrected chi connectivity index (χ1v) is 12.3.